The Kier molecular flexibility index (Phi) is 6.65. The second kappa shape index (κ2) is 8.63. The van der Waals surface area contributed by atoms with Crippen molar-refractivity contribution in [3.05, 3.63) is 82.3 Å². The van der Waals surface area contributed by atoms with Crippen LogP contribution in [-0.4, -0.2) is 13.6 Å². The van der Waals surface area contributed by atoms with E-state index in [-0.39, 0.29) is 10.6 Å². The van der Waals surface area contributed by atoms with Crippen molar-refractivity contribution in [3.8, 4) is 0 Å². The molecule has 0 radical (unpaired) electrons. The second-order valence-corrected chi connectivity index (χ2v) is 14.5. The molecule has 3 aromatic rings. The molecule has 0 saturated carbocycles. The monoisotopic (exact) mass is 495 g/mol. The van der Waals surface area contributed by atoms with E-state index in [1.165, 1.54) is 18.2 Å². The number of rotatable bonds is 5. The average Bonchev–Trinajstić information content (AvgIpc) is 2.67. The Balaban J connectivity index is 2.20. The maximum absolute atomic E-state index is 14.6. The van der Waals surface area contributed by atoms with Gasteiger partial charge in [-0.2, -0.15) is 0 Å². The van der Waals surface area contributed by atoms with E-state index in [0.29, 0.717) is 20.7 Å². The molecule has 0 unspecified atom stereocenters. The third kappa shape index (κ3) is 4.85. The molecule has 0 spiro atoms. The lowest BCUT2D eigenvalue weighted by Crippen LogP contribution is -2.32. The SMILES string of the molecule is Cc1ccc(S(=O)(=O)Nc2cc(Cl)ccc2[P@](=O)(c2ccc(Cl)cc2)C(C)(C)C)cc1. The summed E-state index contributed by atoms with van der Waals surface area (Å²) in [6.07, 6.45) is 0. The van der Waals surface area contributed by atoms with Gasteiger partial charge < -0.3 is 4.57 Å². The fourth-order valence-corrected chi connectivity index (χ4v) is 7.86. The van der Waals surface area contributed by atoms with Crippen molar-refractivity contribution in [2.75, 3.05) is 4.72 Å². The summed E-state index contributed by atoms with van der Waals surface area (Å²) in [6, 6.07) is 18.1. The molecule has 0 heterocycles. The van der Waals surface area contributed by atoms with Crippen molar-refractivity contribution < 1.29 is 13.0 Å². The highest BCUT2D eigenvalue weighted by molar-refractivity contribution is 7.93. The van der Waals surface area contributed by atoms with Gasteiger partial charge in [0.05, 0.1) is 10.6 Å². The van der Waals surface area contributed by atoms with Crippen LogP contribution in [0, 0.1) is 6.92 Å². The third-order valence-corrected chi connectivity index (χ3v) is 10.9. The molecule has 0 aromatic heterocycles. The lowest BCUT2D eigenvalue weighted by atomic mass is 10.2. The first-order valence-electron chi connectivity index (χ1n) is 9.60. The summed E-state index contributed by atoms with van der Waals surface area (Å²) >= 11 is 12.2. The zero-order chi connectivity index (χ0) is 23.0. The van der Waals surface area contributed by atoms with Gasteiger partial charge in [0.2, 0.25) is 0 Å². The van der Waals surface area contributed by atoms with E-state index in [1.54, 1.807) is 48.5 Å². The Morgan fingerprint density at radius 2 is 1.39 bits per heavy atom. The molecule has 3 rings (SSSR count). The van der Waals surface area contributed by atoms with Gasteiger partial charge in [-0.25, -0.2) is 8.42 Å². The Labute approximate surface area is 194 Å². The van der Waals surface area contributed by atoms with Gasteiger partial charge >= 0.3 is 0 Å². The second-order valence-electron chi connectivity index (χ2n) is 8.34. The average molecular weight is 496 g/mol. The number of sulfonamides is 1. The zero-order valence-electron chi connectivity index (χ0n) is 17.7. The lowest BCUT2D eigenvalue weighted by molar-refractivity contribution is 0.564. The molecule has 1 N–H and O–H groups in total. The van der Waals surface area contributed by atoms with Gasteiger partial charge in [0, 0.05) is 25.8 Å². The third-order valence-electron chi connectivity index (χ3n) is 5.01. The molecule has 8 heteroatoms. The van der Waals surface area contributed by atoms with E-state index >= 15 is 0 Å². The summed E-state index contributed by atoms with van der Waals surface area (Å²) in [5.41, 5.74) is 1.14. The van der Waals surface area contributed by atoms with Crippen LogP contribution in [0.2, 0.25) is 10.0 Å². The minimum atomic E-state index is -3.91. The number of halogens is 2. The fourth-order valence-electron chi connectivity index (χ4n) is 3.32. The molecule has 0 aliphatic rings. The predicted octanol–water partition coefficient (Wildman–Crippen LogP) is 6.22. The van der Waals surface area contributed by atoms with Crippen LogP contribution in [-0.2, 0) is 14.6 Å². The van der Waals surface area contributed by atoms with Crippen molar-refractivity contribution in [1.29, 1.82) is 0 Å². The molecule has 0 aliphatic heterocycles. The maximum Gasteiger partial charge on any atom is 0.261 e. The zero-order valence-corrected chi connectivity index (χ0v) is 20.9. The molecule has 0 aliphatic carbocycles. The lowest BCUT2D eigenvalue weighted by Gasteiger charge is -2.33. The summed E-state index contributed by atoms with van der Waals surface area (Å²) in [7, 11) is -7.23. The minimum absolute atomic E-state index is 0.112. The van der Waals surface area contributed by atoms with Crippen LogP contribution < -0.4 is 15.3 Å². The summed E-state index contributed by atoms with van der Waals surface area (Å²) in [5.74, 6) is 0. The van der Waals surface area contributed by atoms with Gasteiger partial charge in [0.25, 0.3) is 10.0 Å². The smallest absolute Gasteiger partial charge is 0.261 e. The molecule has 3 aromatic carbocycles. The van der Waals surface area contributed by atoms with E-state index in [1.807, 2.05) is 27.7 Å². The van der Waals surface area contributed by atoms with Gasteiger partial charge in [-0.3, -0.25) is 4.72 Å². The summed E-state index contributed by atoms with van der Waals surface area (Å²) < 4.78 is 43.4. The first kappa shape index (κ1) is 23.9. The molecule has 4 nitrogen and oxygen atoms in total. The predicted molar refractivity (Wildman–Crippen MR) is 132 cm³/mol. The van der Waals surface area contributed by atoms with Crippen molar-refractivity contribution in [2.24, 2.45) is 0 Å². The summed E-state index contributed by atoms with van der Waals surface area (Å²) in [6.45, 7) is 7.49. The molecule has 31 heavy (non-hydrogen) atoms. The minimum Gasteiger partial charge on any atom is -0.313 e. The highest BCUT2D eigenvalue weighted by atomic mass is 35.5. The number of hydrogen-bond donors (Lipinski definition) is 1. The van der Waals surface area contributed by atoms with Gasteiger partial charge in [0.1, 0.15) is 7.14 Å². The van der Waals surface area contributed by atoms with Crippen LogP contribution in [0.15, 0.2) is 71.6 Å². The molecule has 0 fully saturated rings. The van der Waals surface area contributed by atoms with Crippen molar-refractivity contribution in [2.45, 2.75) is 37.7 Å². The highest BCUT2D eigenvalue weighted by Crippen LogP contribution is 2.57. The normalized spacial score (nSPS) is 14.1. The Morgan fingerprint density at radius 1 is 0.839 bits per heavy atom. The molecular weight excluding hydrogens is 472 g/mol. The van der Waals surface area contributed by atoms with Crippen LogP contribution in [0.1, 0.15) is 26.3 Å². The van der Waals surface area contributed by atoms with Gasteiger partial charge in [0.15, 0.2) is 0 Å². The van der Waals surface area contributed by atoms with E-state index in [9.17, 15) is 13.0 Å². The molecular formula is C23H24Cl2NO3PS. The van der Waals surface area contributed by atoms with Crippen molar-refractivity contribution in [1.82, 2.24) is 0 Å². The Morgan fingerprint density at radius 3 is 1.94 bits per heavy atom. The Bertz CT molecular complexity index is 1250. The van der Waals surface area contributed by atoms with Crippen molar-refractivity contribution in [3.63, 3.8) is 0 Å². The van der Waals surface area contributed by atoms with Gasteiger partial charge in [-0.1, -0.05) is 61.7 Å². The maximum atomic E-state index is 14.6. The van der Waals surface area contributed by atoms with E-state index in [0.717, 1.165) is 5.56 Å². The molecule has 0 saturated heterocycles. The summed E-state index contributed by atoms with van der Waals surface area (Å²) in [5, 5.41) is 1.14. The molecule has 164 valence electrons. The number of anilines is 1. The van der Waals surface area contributed by atoms with E-state index < -0.39 is 22.3 Å². The van der Waals surface area contributed by atoms with Crippen molar-refractivity contribution >= 4 is 56.7 Å². The highest BCUT2D eigenvalue weighted by Gasteiger charge is 2.42. The van der Waals surface area contributed by atoms with E-state index in [4.69, 9.17) is 23.2 Å². The Hall–Kier alpha value is -1.78. The standard InChI is InChI=1S/C23H24Cl2NO3PS/c1-16-5-12-20(13-6-16)31(28,29)26-21-15-18(25)9-14-22(21)30(27,23(2,3)4)19-10-7-17(24)8-11-19/h5-15,26H,1-4H3/t30-/m1/s1. The van der Waals surface area contributed by atoms with Gasteiger partial charge in [-0.15, -0.1) is 0 Å². The largest absolute Gasteiger partial charge is 0.313 e. The van der Waals surface area contributed by atoms with Crippen LogP contribution in [0.4, 0.5) is 5.69 Å². The first-order valence-corrected chi connectivity index (χ1v) is 13.5. The first-order chi connectivity index (χ1) is 14.3. The summed E-state index contributed by atoms with van der Waals surface area (Å²) in [4.78, 5) is 0.112. The van der Waals surface area contributed by atoms with Crippen LogP contribution in [0.3, 0.4) is 0 Å². The number of hydrogen-bond acceptors (Lipinski definition) is 3. The fraction of sp³-hybridized carbons (Fsp3) is 0.217. The van der Waals surface area contributed by atoms with E-state index in [2.05, 4.69) is 4.72 Å². The van der Waals surface area contributed by atoms with Crippen LogP contribution in [0.25, 0.3) is 0 Å². The quantitative estimate of drug-likeness (QED) is 0.427. The number of nitrogens with one attached hydrogen (secondary N) is 1. The van der Waals surface area contributed by atoms with Gasteiger partial charge in [-0.05, 0) is 61.5 Å². The topological polar surface area (TPSA) is 63.2 Å². The molecule has 0 amide bonds. The number of aryl methyl sites for hydroxylation is 1. The van der Waals surface area contributed by atoms with Crippen LogP contribution >= 0.6 is 30.3 Å². The molecule has 1 atom stereocenters. The molecule has 0 bridgehead atoms. The van der Waals surface area contributed by atoms with Crippen LogP contribution in [0.5, 0.6) is 0 Å². The number of benzene rings is 3.